The van der Waals surface area contributed by atoms with Gasteiger partial charge < -0.3 is 10.1 Å². The van der Waals surface area contributed by atoms with Gasteiger partial charge in [0.2, 0.25) is 0 Å². The van der Waals surface area contributed by atoms with Crippen molar-refractivity contribution in [3.8, 4) is 0 Å². The van der Waals surface area contributed by atoms with Gasteiger partial charge in [-0.15, -0.1) is 6.58 Å². The predicted molar refractivity (Wildman–Crippen MR) is 58.0 cm³/mol. The molecule has 0 aliphatic rings. The smallest absolute Gasteiger partial charge is 0.0759 e. The fraction of sp³-hybridized carbons (Fsp3) is 0.818. The van der Waals surface area contributed by atoms with E-state index in [1.54, 1.807) is 7.11 Å². The van der Waals surface area contributed by atoms with E-state index < -0.39 is 0 Å². The molecule has 0 saturated heterocycles. The molecule has 0 aromatic carbocycles. The molecule has 2 heteroatoms. The zero-order chi connectivity index (χ0) is 10.1. The van der Waals surface area contributed by atoms with Gasteiger partial charge in [-0.2, -0.15) is 0 Å². The van der Waals surface area contributed by atoms with Crippen LogP contribution in [0.25, 0.3) is 0 Å². The summed E-state index contributed by atoms with van der Waals surface area (Å²) in [5, 5.41) is 3.41. The van der Waals surface area contributed by atoms with E-state index >= 15 is 0 Å². The summed E-state index contributed by atoms with van der Waals surface area (Å²) in [6.45, 7) is 9.18. The van der Waals surface area contributed by atoms with Gasteiger partial charge in [-0.3, -0.25) is 0 Å². The van der Waals surface area contributed by atoms with Crippen LogP contribution in [0.4, 0.5) is 0 Å². The monoisotopic (exact) mass is 185 g/mol. The quantitative estimate of drug-likeness (QED) is 0.586. The van der Waals surface area contributed by atoms with E-state index in [1.807, 2.05) is 6.08 Å². The van der Waals surface area contributed by atoms with Gasteiger partial charge in [-0.1, -0.05) is 26.3 Å². The van der Waals surface area contributed by atoms with Crippen LogP contribution in [0.5, 0.6) is 0 Å². The van der Waals surface area contributed by atoms with E-state index in [9.17, 15) is 0 Å². The average molecular weight is 185 g/mol. The molecule has 0 aliphatic carbocycles. The Hall–Kier alpha value is -0.340. The third-order valence-electron chi connectivity index (χ3n) is 2.16. The number of hydrogen-bond acceptors (Lipinski definition) is 2. The fourth-order valence-corrected chi connectivity index (χ4v) is 1.41. The van der Waals surface area contributed by atoms with Gasteiger partial charge in [0.15, 0.2) is 0 Å². The zero-order valence-corrected chi connectivity index (χ0v) is 9.18. The molecule has 0 fully saturated rings. The first kappa shape index (κ1) is 12.7. The first-order valence-corrected chi connectivity index (χ1v) is 5.18. The first-order valence-electron chi connectivity index (χ1n) is 5.18. The lowest BCUT2D eigenvalue weighted by Gasteiger charge is -2.23. The summed E-state index contributed by atoms with van der Waals surface area (Å²) >= 11 is 0. The highest BCUT2D eigenvalue weighted by Crippen LogP contribution is 2.07. The van der Waals surface area contributed by atoms with Gasteiger partial charge in [0.1, 0.15) is 0 Å². The Bertz CT molecular complexity index is 125. The van der Waals surface area contributed by atoms with Crippen LogP contribution in [0.15, 0.2) is 12.7 Å². The highest BCUT2D eigenvalue weighted by molar-refractivity contribution is 4.91. The second-order valence-corrected chi connectivity index (χ2v) is 3.28. The summed E-state index contributed by atoms with van der Waals surface area (Å²) in [6.07, 6.45) is 5.60. The maximum Gasteiger partial charge on any atom is 0.0759 e. The summed E-state index contributed by atoms with van der Waals surface area (Å²) in [6, 6.07) is 0.296. The van der Waals surface area contributed by atoms with Crippen LogP contribution < -0.4 is 5.32 Å². The SMILES string of the molecule is C=CC(NCCC)C(CCC)OC. The van der Waals surface area contributed by atoms with Gasteiger partial charge in [0.05, 0.1) is 12.1 Å². The lowest BCUT2D eigenvalue weighted by atomic mass is 10.1. The summed E-state index contributed by atoms with van der Waals surface area (Å²) in [5.74, 6) is 0. The van der Waals surface area contributed by atoms with Crippen LogP contribution in [0.3, 0.4) is 0 Å². The minimum atomic E-state index is 0.272. The summed E-state index contributed by atoms with van der Waals surface area (Å²) in [5.41, 5.74) is 0. The normalized spacial score (nSPS) is 15.3. The second-order valence-electron chi connectivity index (χ2n) is 3.28. The molecule has 2 nitrogen and oxygen atoms in total. The van der Waals surface area contributed by atoms with Crippen LogP contribution >= 0.6 is 0 Å². The molecule has 0 heterocycles. The van der Waals surface area contributed by atoms with Crippen LogP contribution in [0.2, 0.25) is 0 Å². The van der Waals surface area contributed by atoms with Crippen molar-refractivity contribution in [1.29, 1.82) is 0 Å². The van der Waals surface area contributed by atoms with Gasteiger partial charge >= 0.3 is 0 Å². The van der Waals surface area contributed by atoms with Gasteiger partial charge in [-0.05, 0) is 19.4 Å². The van der Waals surface area contributed by atoms with E-state index in [4.69, 9.17) is 4.74 Å². The standard InChI is InChI=1S/C11H23NO/c1-5-8-11(13-4)10(7-3)12-9-6-2/h7,10-12H,3,5-6,8-9H2,1-2,4H3. The van der Waals surface area contributed by atoms with Crippen molar-refractivity contribution in [2.24, 2.45) is 0 Å². The van der Waals surface area contributed by atoms with E-state index in [0.717, 1.165) is 25.8 Å². The Morgan fingerprint density at radius 1 is 1.38 bits per heavy atom. The Balaban J connectivity index is 3.92. The molecular formula is C11H23NO. The lowest BCUT2D eigenvalue weighted by Crippen LogP contribution is -2.39. The van der Waals surface area contributed by atoms with Crippen molar-refractivity contribution >= 4 is 0 Å². The molecule has 13 heavy (non-hydrogen) atoms. The van der Waals surface area contributed by atoms with Crippen molar-refractivity contribution in [2.45, 2.75) is 45.3 Å². The molecule has 0 aromatic heterocycles. The zero-order valence-electron chi connectivity index (χ0n) is 9.18. The lowest BCUT2D eigenvalue weighted by molar-refractivity contribution is 0.0745. The molecular weight excluding hydrogens is 162 g/mol. The molecule has 2 atom stereocenters. The molecule has 2 unspecified atom stereocenters. The number of nitrogens with one attached hydrogen (secondary N) is 1. The van der Waals surface area contributed by atoms with E-state index in [1.165, 1.54) is 0 Å². The number of rotatable bonds is 8. The summed E-state index contributed by atoms with van der Waals surface area (Å²) in [7, 11) is 1.77. The summed E-state index contributed by atoms with van der Waals surface area (Å²) in [4.78, 5) is 0. The second kappa shape index (κ2) is 8.27. The molecule has 0 spiro atoms. The van der Waals surface area contributed by atoms with Crippen LogP contribution in [-0.2, 0) is 4.74 Å². The molecule has 0 saturated carbocycles. The maximum absolute atomic E-state index is 5.41. The Labute approximate surface area is 82.4 Å². The van der Waals surface area contributed by atoms with Crippen LogP contribution in [0, 0.1) is 0 Å². The highest BCUT2D eigenvalue weighted by atomic mass is 16.5. The summed E-state index contributed by atoms with van der Waals surface area (Å²) < 4.78 is 5.41. The van der Waals surface area contributed by atoms with Gasteiger partial charge in [0.25, 0.3) is 0 Å². The van der Waals surface area contributed by atoms with Crippen molar-refractivity contribution < 1.29 is 4.74 Å². The third-order valence-corrected chi connectivity index (χ3v) is 2.16. The number of ether oxygens (including phenoxy) is 1. The molecule has 78 valence electrons. The van der Waals surface area contributed by atoms with E-state index in [2.05, 4.69) is 25.7 Å². The minimum Gasteiger partial charge on any atom is -0.380 e. The maximum atomic E-state index is 5.41. The number of hydrogen-bond donors (Lipinski definition) is 1. The molecule has 0 aromatic rings. The molecule has 0 amide bonds. The number of methoxy groups -OCH3 is 1. The molecule has 0 radical (unpaired) electrons. The van der Waals surface area contributed by atoms with Crippen molar-refractivity contribution in [2.75, 3.05) is 13.7 Å². The van der Waals surface area contributed by atoms with Crippen molar-refractivity contribution in [1.82, 2.24) is 5.32 Å². The molecule has 0 aliphatic heterocycles. The molecule has 0 bridgehead atoms. The fourth-order valence-electron chi connectivity index (χ4n) is 1.41. The Morgan fingerprint density at radius 3 is 2.46 bits per heavy atom. The Kier molecular flexibility index (Phi) is 8.05. The van der Waals surface area contributed by atoms with Crippen LogP contribution in [-0.4, -0.2) is 25.8 Å². The van der Waals surface area contributed by atoms with Gasteiger partial charge in [-0.25, -0.2) is 0 Å². The highest BCUT2D eigenvalue weighted by Gasteiger charge is 2.15. The van der Waals surface area contributed by atoms with Crippen LogP contribution in [0.1, 0.15) is 33.1 Å². The van der Waals surface area contributed by atoms with Crippen molar-refractivity contribution in [3.63, 3.8) is 0 Å². The average Bonchev–Trinajstić information content (AvgIpc) is 2.17. The van der Waals surface area contributed by atoms with E-state index in [-0.39, 0.29) is 6.10 Å². The largest absolute Gasteiger partial charge is 0.380 e. The minimum absolute atomic E-state index is 0.272. The molecule has 0 rings (SSSR count). The molecule has 1 N–H and O–H groups in total. The third kappa shape index (κ3) is 5.06. The Morgan fingerprint density at radius 2 is 2.08 bits per heavy atom. The predicted octanol–water partition coefficient (Wildman–Crippen LogP) is 2.36. The topological polar surface area (TPSA) is 21.3 Å². The van der Waals surface area contributed by atoms with Crippen molar-refractivity contribution in [3.05, 3.63) is 12.7 Å². The first-order chi connectivity index (χ1) is 6.29. The van der Waals surface area contributed by atoms with Gasteiger partial charge in [0, 0.05) is 7.11 Å². The van der Waals surface area contributed by atoms with E-state index in [0.29, 0.717) is 6.04 Å².